The highest BCUT2D eigenvalue weighted by atomic mass is 16.8. The summed E-state index contributed by atoms with van der Waals surface area (Å²) in [7, 11) is 0. The minimum absolute atomic E-state index is 0.00291. The van der Waals surface area contributed by atoms with Gasteiger partial charge in [0.1, 0.15) is 41.2 Å². The Morgan fingerprint density at radius 2 is 1.70 bits per heavy atom. The number of hydrogen-bond donors (Lipinski definition) is 3. The molecule has 2 aromatic carbocycles. The number of esters is 2. The smallest absolute Gasteiger partial charge is 0.327 e. The molecule has 3 saturated heterocycles. The number of ether oxygens (including phenoxy) is 4. The maximum absolute atomic E-state index is 14.8. The number of carbonyl (C=O) groups is 3. The summed E-state index contributed by atoms with van der Waals surface area (Å²) in [5, 5.41) is 25.2. The summed E-state index contributed by atoms with van der Waals surface area (Å²) in [4.78, 5) is 48.3. The highest BCUT2D eigenvalue weighted by Crippen LogP contribution is 2.63. The molecule has 3 saturated carbocycles. The lowest BCUT2D eigenvalue weighted by Gasteiger charge is -2.49. The van der Waals surface area contributed by atoms with Crippen molar-refractivity contribution in [1.82, 2.24) is 10.4 Å². The molecule has 7 unspecified atom stereocenters. The topological polar surface area (TPSA) is 153 Å². The Hall–Kier alpha value is -3.81. The molecule has 0 radical (unpaired) electrons. The van der Waals surface area contributed by atoms with Crippen molar-refractivity contribution in [1.29, 1.82) is 0 Å². The number of nitrogens with one attached hydrogen (secondary N) is 1. The van der Waals surface area contributed by atoms with Gasteiger partial charge in [0.25, 0.3) is 0 Å². The number of aliphatic hydroxyl groups excluding tert-OH is 1. The molecule has 2 aromatic rings. The van der Waals surface area contributed by atoms with Crippen LogP contribution in [0.3, 0.4) is 0 Å². The van der Waals surface area contributed by atoms with Gasteiger partial charge in [-0.3, -0.25) is 19.2 Å². The molecule has 3 aliphatic carbocycles. The minimum Gasteiger partial charge on any atom is -0.508 e. The fraction of sp³-hybridized carbons (Fsp3) is 0.585. The Kier molecular flexibility index (Phi) is 9.42. The summed E-state index contributed by atoms with van der Waals surface area (Å²) in [6.07, 6.45) is 5.94. The molecule has 12 nitrogen and oxygen atoms in total. The lowest BCUT2D eigenvalue weighted by atomic mass is 9.62. The van der Waals surface area contributed by atoms with Crippen molar-refractivity contribution >= 4 is 23.9 Å². The van der Waals surface area contributed by atoms with E-state index in [1.54, 1.807) is 38.0 Å². The van der Waals surface area contributed by atoms with Crippen LogP contribution in [0.2, 0.25) is 0 Å². The van der Waals surface area contributed by atoms with Crippen molar-refractivity contribution in [3.63, 3.8) is 0 Å². The molecule has 6 fully saturated rings. The molecule has 6 aliphatic rings. The number of carbonyl (C=O) groups excluding carboxylic acids is 3. The largest absolute Gasteiger partial charge is 0.508 e. The number of aromatic hydroxyl groups is 1. The van der Waals surface area contributed by atoms with Gasteiger partial charge in [-0.1, -0.05) is 54.6 Å². The van der Waals surface area contributed by atoms with E-state index in [0.717, 1.165) is 42.4 Å². The molecule has 0 aromatic heterocycles. The van der Waals surface area contributed by atoms with Crippen molar-refractivity contribution < 1.29 is 48.4 Å². The first-order valence-corrected chi connectivity index (χ1v) is 19.1. The van der Waals surface area contributed by atoms with Crippen LogP contribution in [0.15, 0.2) is 54.6 Å². The van der Waals surface area contributed by atoms with Crippen molar-refractivity contribution in [3.8, 4) is 5.75 Å². The second-order valence-electron chi connectivity index (χ2n) is 16.6. The second-order valence-corrected chi connectivity index (χ2v) is 16.6. The van der Waals surface area contributed by atoms with Crippen molar-refractivity contribution in [2.24, 2.45) is 17.3 Å². The average Bonchev–Trinajstić information content (AvgIpc) is 4.06. The first-order valence-electron chi connectivity index (χ1n) is 19.1. The molecule has 12 heteroatoms. The number of fused-ring (bicyclic) bond motifs is 4. The zero-order valence-corrected chi connectivity index (χ0v) is 30.6. The standard InChI is InChI=1S/C41H50N2O10/c1-39(2,3)50-32(46)20-19-29(23-44)42-38(48)40-21-31-33-34(52-41(51-33,27-15-16-27)28-17-18-28)36(40)53-43(35(40)37(47)49-31)22-26-11-5-4-9-24(26)12-8-13-25-10-6-7-14-30(25)45/h4-12,14,27-29,31,33-36,44-45H,13,15-23H2,1-3H3,(H,42,48). The lowest BCUT2D eigenvalue weighted by molar-refractivity contribution is -0.235. The molecule has 284 valence electrons. The molecule has 2 bridgehead atoms. The Morgan fingerprint density at radius 3 is 2.38 bits per heavy atom. The average molecular weight is 731 g/mol. The Morgan fingerprint density at radius 1 is 1.02 bits per heavy atom. The SMILES string of the molecule is CC(C)(C)OC(=O)CCC(CO)NC(=O)C12CC3OC(=O)C1N(Cc1ccccc1C=CCc1ccccc1O)OC2C1OC(C2CC2)(C2CC2)OC31. The maximum Gasteiger partial charge on any atom is 0.327 e. The van der Waals surface area contributed by atoms with Gasteiger partial charge in [-0.25, -0.2) is 0 Å². The Labute approximate surface area is 309 Å². The number of nitrogens with zero attached hydrogens (tertiary/aromatic N) is 1. The van der Waals surface area contributed by atoms with E-state index in [4.69, 9.17) is 23.8 Å². The minimum atomic E-state index is -1.41. The molecule has 8 rings (SSSR count). The molecule has 0 spiro atoms. The van der Waals surface area contributed by atoms with Crippen LogP contribution in [0.5, 0.6) is 5.75 Å². The normalized spacial score (nSPS) is 30.9. The number of rotatable bonds is 13. The number of phenols is 1. The van der Waals surface area contributed by atoms with Gasteiger partial charge in [-0.05, 0) is 82.1 Å². The van der Waals surface area contributed by atoms with Crippen molar-refractivity contribution in [3.05, 3.63) is 71.3 Å². The van der Waals surface area contributed by atoms with Crippen LogP contribution < -0.4 is 5.32 Å². The van der Waals surface area contributed by atoms with Crippen LogP contribution in [-0.2, 0) is 51.1 Å². The highest BCUT2D eigenvalue weighted by molar-refractivity contribution is 5.94. The van der Waals surface area contributed by atoms with Crippen LogP contribution in [0.4, 0.5) is 0 Å². The molecular formula is C41H50N2O10. The van der Waals surface area contributed by atoms with Gasteiger partial charge in [0.05, 0.1) is 19.2 Å². The fourth-order valence-corrected chi connectivity index (χ4v) is 8.89. The zero-order valence-electron chi connectivity index (χ0n) is 30.6. The second kappa shape index (κ2) is 13.8. The number of phenolic OH excluding ortho intramolecular Hbond substituents is 1. The van der Waals surface area contributed by atoms with E-state index in [9.17, 15) is 24.6 Å². The van der Waals surface area contributed by atoms with Gasteiger partial charge >= 0.3 is 11.9 Å². The molecule has 7 atom stereocenters. The molecule has 3 aliphatic heterocycles. The number of hydroxylamine groups is 2. The summed E-state index contributed by atoms with van der Waals surface area (Å²) in [5.74, 6) is -1.51. The van der Waals surface area contributed by atoms with Gasteiger partial charge in [-0.2, -0.15) is 5.06 Å². The Bertz CT molecular complexity index is 1750. The fourth-order valence-electron chi connectivity index (χ4n) is 8.89. The number of para-hydroxylation sites is 1. The maximum atomic E-state index is 14.8. The third-order valence-electron chi connectivity index (χ3n) is 11.6. The number of allylic oxidation sites excluding steroid dienone is 1. The summed E-state index contributed by atoms with van der Waals surface area (Å²) in [5.41, 5.74) is 0.478. The third kappa shape index (κ3) is 6.77. The summed E-state index contributed by atoms with van der Waals surface area (Å²) < 4.78 is 25.4. The van der Waals surface area contributed by atoms with Crippen LogP contribution >= 0.6 is 0 Å². The summed E-state index contributed by atoms with van der Waals surface area (Å²) in [6, 6.07) is 13.1. The molecule has 3 N–H and O–H groups in total. The quantitative estimate of drug-likeness (QED) is 0.252. The van der Waals surface area contributed by atoms with E-state index in [1.807, 2.05) is 48.6 Å². The van der Waals surface area contributed by atoms with E-state index in [2.05, 4.69) is 5.32 Å². The van der Waals surface area contributed by atoms with Crippen LogP contribution in [0.1, 0.15) is 82.4 Å². The Balaban J connectivity index is 1.09. The van der Waals surface area contributed by atoms with Crippen LogP contribution in [0, 0.1) is 17.3 Å². The van der Waals surface area contributed by atoms with Crippen molar-refractivity contribution in [2.45, 2.75) is 127 Å². The molecular weight excluding hydrogens is 680 g/mol. The first-order chi connectivity index (χ1) is 25.4. The molecule has 1 amide bonds. The molecule has 3 heterocycles. The number of benzene rings is 2. The van der Waals surface area contributed by atoms with Gasteiger partial charge in [0.15, 0.2) is 11.8 Å². The number of aliphatic hydroxyl groups is 1. The van der Waals surface area contributed by atoms with Crippen LogP contribution in [0.25, 0.3) is 6.08 Å². The summed E-state index contributed by atoms with van der Waals surface area (Å²) >= 11 is 0. The van der Waals surface area contributed by atoms with Gasteiger partial charge < -0.3 is 34.5 Å². The van der Waals surface area contributed by atoms with Crippen molar-refractivity contribution in [2.75, 3.05) is 6.61 Å². The monoisotopic (exact) mass is 730 g/mol. The predicted octanol–water partition coefficient (Wildman–Crippen LogP) is 4.35. The van der Waals surface area contributed by atoms with Gasteiger partial charge in [0.2, 0.25) is 5.91 Å². The van der Waals surface area contributed by atoms with Gasteiger partial charge in [0, 0.05) is 24.7 Å². The zero-order chi connectivity index (χ0) is 37.1. The number of hydrogen-bond acceptors (Lipinski definition) is 11. The van der Waals surface area contributed by atoms with E-state index in [-0.39, 0.29) is 43.4 Å². The van der Waals surface area contributed by atoms with Crippen LogP contribution in [-0.4, -0.2) is 87.6 Å². The first kappa shape index (κ1) is 36.2. The highest BCUT2D eigenvalue weighted by Gasteiger charge is 2.78. The number of amides is 1. The third-order valence-corrected chi connectivity index (χ3v) is 11.6. The predicted molar refractivity (Wildman–Crippen MR) is 190 cm³/mol. The van der Waals surface area contributed by atoms with Gasteiger partial charge in [-0.15, -0.1) is 0 Å². The summed E-state index contributed by atoms with van der Waals surface area (Å²) in [6.45, 7) is 5.12. The van der Waals surface area contributed by atoms with E-state index in [1.165, 1.54) is 0 Å². The molecule has 53 heavy (non-hydrogen) atoms. The van der Waals surface area contributed by atoms with E-state index >= 15 is 0 Å². The lowest BCUT2D eigenvalue weighted by Crippen LogP contribution is -2.70. The van der Waals surface area contributed by atoms with E-state index < -0.39 is 77.8 Å². The van der Waals surface area contributed by atoms with E-state index in [0.29, 0.717) is 6.42 Å².